The first kappa shape index (κ1) is 10.3. The van der Waals surface area contributed by atoms with Crippen molar-refractivity contribution >= 4 is 26.7 Å². The van der Waals surface area contributed by atoms with Gasteiger partial charge in [0.25, 0.3) is 0 Å². The monoisotopic (exact) mass is 273 g/mol. The maximum absolute atomic E-state index is 12.0. The van der Waals surface area contributed by atoms with Gasteiger partial charge in [0.1, 0.15) is 0 Å². The summed E-state index contributed by atoms with van der Waals surface area (Å²) in [6.45, 7) is 1.87. The van der Waals surface area contributed by atoms with Crippen molar-refractivity contribution in [2.24, 2.45) is 0 Å². The van der Waals surface area contributed by atoms with Crippen LogP contribution in [0.4, 0.5) is 0 Å². The normalized spacial score (nSPS) is 23.6. The number of nitrogens with one attached hydrogen (secondary N) is 1. The second-order valence-corrected chi connectivity index (χ2v) is 6.01. The first-order valence-corrected chi connectivity index (χ1v) is 6.65. The van der Waals surface area contributed by atoms with Gasteiger partial charge in [-0.25, -0.2) is 0 Å². The minimum absolute atomic E-state index is 0.288. The second kappa shape index (κ2) is 4.55. The van der Waals surface area contributed by atoms with E-state index in [9.17, 15) is 4.21 Å². The van der Waals surface area contributed by atoms with Gasteiger partial charge in [0, 0.05) is 15.9 Å². The Morgan fingerprint density at radius 2 is 2.07 bits per heavy atom. The van der Waals surface area contributed by atoms with E-state index < -0.39 is 10.8 Å². The van der Waals surface area contributed by atoms with E-state index in [1.165, 1.54) is 0 Å². The Balaban J connectivity index is 2.14. The lowest BCUT2D eigenvalue weighted by atomic mass is 10.4. The van der Waals surface area contributed by atoms with E-state index in [2.05, 4.69) is 21.2 Å². The molecule has 2 atom stereocenters. The molecule has 0 saturated carbocycles. The Hall–Kier alpha value is -0.190. The third kappa shape index (κ3) is 2.24. The van der Waals surface area contributed by atoms with Crippen molar-refractivity contribution in [1.82, 2.24) is 5.32 Å². The molecule has 0 aromatic heterocycles. The lowest BCUT2D eigenvalue weighted by Gasteiger charge is -2.08. The molecule has 2 unspecified atom stereocenters. The highest BCUT2D eigenvalue weighted by Gasteiger charge is 2.21. The summed E-state index contributed by atoms with van der Waals surface area (Å²) in [5.41, 5.74) is 0. The Morgan fingerprint density at radius 1 is 1.36 bits per heavy atom. The molecule has 1 fully saturated rings. The maximum atomic E-state index is 12.0. The van der Waals surface area contributed by atoms with Crippen molar-refractivity contribution in [3.05, 3.63) is 28.7 Å². The molecule has 0 radical (unpaired) electrons. The zero-order valence-corrected chi connectivity index (χ0v) is 10.1. The van der Waals surface area contributed by atoms with Crippen molar-refractivity contribution in [2.45, 2.75) is 16.6 Å². The molecule has 0 amide bonds. The molecule has 1 N–H and O–H groups in total. The van der Waals surface area contributed by atoms with Crippen LogP contribution in [0.25, 0.3) is 0 Å². The van der Waals surface area contributed by atoms with Crippen LogP contribution >= 0.6 is 15.9 Å². The smallest absolute Gasteiger partial charge is 0.0574 e. The van der Waals surface area contributed by atoms with Crippen molar-refractivity contribution in [2.75, 3.05) is 13.1 Å². The average Bonchev–Trinajstić information content (AvgIpc) is 2.71. The number of halogens is 1. The van der Waals surface area contributed by atoms with Crippen LogP contribution in [-0.2, 0) is 10.8 Å². The van der Waals surface area contributed by atoms with E-state index in [-0.39, 0.29) is 5.25 Å². The van der Waals surface area contributed by atoms with Crippen LogP contribution in [0.3, 0.4) is 0 Å². The fraction of sp³-hybridized carbons (Fsp3) is 0.400. The van der Waals surface area contributed by atoms with Crippen LogP contribution in [0.1, 0.15) is 6.42 Å². The van der Waals surface area contributed by atoms with Gasteiger partial charge < -0.3 is 5.32 Å². The highest BCUT2D eigenvalue weighted by atomic mass is 79.9. The molecule has 1 aromatic carbocycles. The summed E-state index contributed by atoms with van der Waals surface area (Å²) in [6, 6.07) is 7.74. The molecular formula is C10H12BrNOS. The molecule has 1 saturated heterocycles. The number of benzene rings is 1. The molecule has 2 nitrogen and oxygen atoms in total. The molecule has 4 heteroatoms. The van der Waals surface area contributed by atoms with Crippen molar-refractivity contribution in [3.63, 3.8) is 0 Å². The van der Waals surface area contributed by atoms with E-state index >= 15 is 0 Å². The van der Waals surface area contributed by atoms with Gasteiger partial charge in [0.05, 0.1) is 16.0 Å². The van der Waals surface area contributed by atoms with Crippen LogP contribution in [0, 0.1) is 0 Å². The average molecular weight is 274 g/mol. The van der Waals surface area contributed by atoms with E-state index in [1.807, 2.05) is 24.3 Å². The highest BCUT2D eigenvalue weighted by molar-refractivity contribution is 9.10. The topological polar surface area (TPSA) is 29.1 Å². The van der Waals surface area contributed by atoms with Crippen molar-refractivity contribution in [3.8, 4) is 0 Å². The molecular weight excluding hydrogens is 262 g/mol. The minimum Gasteiger partial charge on any atom is -0.315 e. The second-order valence-electron chi connectivity index (χ2n) is 3.37. The quantitative estimate of drug-likeness (QED) is 0.892. The third-order valence-corrected chi connectivity index (χ3v) is 4.64. The summed E-state index contributed by atoms with van der Waals surface area (Å²) in [4.78, 5) is 0.932. The lowest BCUT2D eigenvalue weighted by Crippen LogP contribution is -2.18. The number of hydrogen-bond acceptors (Lipinski definition) is 2. The fourth-order valence-electron chi connectivity index (χ4n) is 1.57. The maximum Gasteiger partial charge on any atom is 0.0574 e. The third-order valence-electron chi connectivity index (χ3n) is 2.36. The van der Waals surface area contributed by atoms with Crippen LogP contribution < -0.4 is 5.32 Å². The molecule has 2 rings (SSSR count). The van der Waals surface area contributed by atoms with Crippen LogP contribution in [0.5, 0.6) is 0 Å². The Bertz CT molecular complexity index is 332. The molecule has 1 aliphatic rings. The molecule has 1 heterocycles. The standard InChI is InChI=1S/C10H12BrNOS/c11-8-1-3-9(4-2-8)14(13)10-5-6-12-7-10/h1-4,10,12H,5-7H2. The van der Waals surface area contributed by atoms with Crippen molar-refractivity contribution in [1.29, 1.82) is 0 Å². The summed E-state index contributed by atoms with van der Waals surface area (Å²) >= 11 is 3.37. The molecule has 14 heavy (non-hydrogen) atoms. The van der Waals surface area contributed by atoms with Gasteiger partial charge in [-0.2, -0.15) is 0 Å². The molecule has 0 spiro atoms. The fourth-order valence-corrected chi connectivity index (χ4v) is 3.23. The molecule has 76 valence electrons. The molecule has 1 aromatic rings. The first-order chi connectivity index (χ1) is 6.77. The summed E-state index contributed by atoms with van der Waals surface area (Å²) < 4.78 is 13.0. The number of rotatable bonds is 2. The summed E-state index contributed by atoms with van der Waals surface area (Å²) in [7, 11) is -0.850. The number of hydrogen-bond donors (Lipinski definition) is 1. The summed E-state index contributed by atoms with van der Waals surface area (Å²) in [5.74, 6) is 0. The molecule has 0 aliphatic carbocycles. The largest absolute Gasteiger partial charge is 0.315 e. The van der Waals surface area contributed by atoms with Gasteiger partial charge in [-0.1, -0.05) is 15.9 Å². The Kier molecular flexibility index (Phi) is 3.36. The van der Waals surface area contributed by atoms with Gasteiger partial charge in [-0.05, 0) is 37.2 Å². The molecule has 0 bridgehead atoms. The zero-order valence-electron chi connectivity index (χ0n) is 7.70. The SMILES string of the molecule is O=S(c1ccc(Br)cc1)C1CCNC1. The van der Waals surface area contributed by atoms with Gasteiger partial charge in [0.15, 0.2) is 0 Å². The Labute approximate surface area is 94.7 Å². The van der Waals surface area contributed by atoms with Crippen LogP contribution in [0.15, 0.2) is 33.6 Å². The van der Waals surface area contributed by atoms with Crippen molar-refractivity contribution < 1.29 is 4.21 Å². The molecule has 1 aliphatic heterocycles. The predicted molar refractivity (Wildman–Crippen MR) is 61.8 cm³/mol. The van der Waals surface area contributed by atoms with E-state index in [0.29, 0.717) is 0 Å². The highest BCUT2D eigenvalue weighted by Crippen LogP contribution is 2.18. The van der Waals surface area contributed by atoms with Gasteiger partial charge >= 0.3 is 0 Å². The summed E-state index contributed by atoms with van der Waals surface area (Å²) in [5, 5.41) is 3.52. The Morgan fingerprint density at radius 3 is 2.64 bits per heavy atom. The minimum atomic E-state index is -0.850. The van der Waals surface area contributed by atoms with Gasteiger partial charge in [0.2, 0.25) is 0 Å². The van der Waals surface area contributed by atoms with E-state index in [1.54, 1.807) is 0 Å². The van der Waals surface area contributed by atoms with Crippen LogP contribution in [0.2, 0.25) is 0 Å². The zero-order chi connectivity index (χ0) is 9.97. The first-order valence-electron chi connectivity index (χ1n) is 4.64. The summed E-state index contributed by atoms with van der Waals surface area (Å²) in [6.07, 6.45) is 1.02. The van der Waals surface area contributed by atoms with Crippen LogP contribution in [-0.4, -0.2) is 22.5 Å². The lowest BCUT2D eigenvalue weighted by molar-refractivity contribution is 0.672. The van der Waals surface area contributed by atoms with Gasteiger partial charge in [-0.3, -0.25) is 4.21 Å². The van der Waals surface area contributed by atoms with Gasteiger partial charge in [-0.15, -0.1) is 0 Å². The van der Waals surface area contributed by atoms with E-state index in [4.69, 9.17) is 0 Å². The van der Waals surface area contributed by atoms with E-state index in [0.717, 1.165) is 28.9 Å². The predicted octanol–water partition coefficient (Wildman–Crippen LogP) is 1.92.